The molecule has 1 aliphatic rings. The van der Waals surface area contributed by atoms with Crippen molar-refractivity contribution in [1.29, 1.82) is 0 Å². The first kappa shape index (κ1) is 15.5. The molecule has 4 nitrogen and oxygen atoms in total. The molecule has 0 fully saturated rings. The summed E-state index contributed by atoms with van der Waals surface area (Å²) in [5, 5.41) is 4.43. The molecule has 0 bridgehead atoms. The second-order valence-corrected chi connectivity index (χ2v) is 6.53. The van der Waals surface area contributed by atoms with E-state index in [2.05, 4.69) is 71.6 Å². The number of aromatic nitrogens is 2. The molecule has 0 radical (unpaired) electrons. The summed E-state index contributed by atoms with van der Waals surface area (Å²) in [7, 11) is 0. The van der Waals surface area contributed by atoms with Crippen molar-refractivity contribution in [2.24, 2.45) is 0 Å². The van der Waals surface area contributed by atoms with Crippen molar-refractivity contribution in [2.75, 3.05) is 5.32 Å². The molecule has 3 heterocycles. The molecule has 25 heavy (non-hydrogen) atoms. The fourth-order valence-corrected chi connectivity index (χ4v) is 2.95. The summed E-state index contributed by atoms with van der Waals surface area (Å²) in [6.45, 7) is 4.39. The van der Waals surface area contributed by atoms with E-state index < -0.39 is 0 Å². The van der Waals surface area contributed by atoms with Crippen molar-refractivity contribution in [3.05, 3.63) is 77.6 Å². The number of anilines is 1. The van der Waals surface area contributed by atoms with Crippen molar-refractivity contribution in [3.63, 3.8) is 0 Å². The number of hydrogen-bond donors (Lipinski definition) is 2. The van der Waals surface area contributed by atoms with Crippen molar-refractivity contribution in [3.8, 4) is 0 Å². The molecule has 1 aromatic carbocycles. The Morgan fingerprint density at radius 2 is 2.04 bits per heavy atom. The van der Waals surface area contributed by atoms with Crippen LogP contribution in [0, 0.1) is 0 Å². The molecule has 0 amide bonds. The Kier molecular flexibility index (Phi) is 4.02. The number of allylic oxidation sites excluding steroid dienone is 1. The van der Waals surface area contributed by atoms with Gasteiger partial charge in [0.1, 0.15) is 11.4 Å². The van der Waals surface area contributed by atoms with E-state index in [0.29, 0.717) is 5.92 Å². The van der Waals surface area contributed by atoms with Gasteiger partial charge in [0, 0.05) is 35.5 Å². The summed E-state index contributed by atoms with van der Waals surface area (Å²) in [4.78, 5) is 7.50. The summed E-state index contributed by atoms with van der Waals surface area (Å²) in [5.41, 5.74) is 4.35. The number of aromatic amines is 1. The highest BCUT2D eigenvalue weighted by Crippen LogP contribution is 2.27. The van der Waals surface area contributed by atoms with E-state index in [0.717, 1.165) is 40.3 Å². The van der Waals surface area contributed by atoms with Gasteiger partial charge in [-0.25, -0.2) is 4.98 Å². The van der Waals surface area contributed by atoms with Crippen LogP contribution in [-0.2, 0) is 4.74 Å². The number of benzene rings is 1. The Hall–Kier alpha value is -3.01. The minimum absolute atomic E-state index is 0.538. The van der Waals surface area contributed by atoms with E-state index in [9.17, 15) is 0 Å². The molecule has 2 N–H and O–H groups in total. The van der Waals surface area contributed by atoms with Crippen LogP contribution in [0.1, 0.15) is 37.3 Å². The van der Waals surface area contributed by atoms with Crippen LogP contribution >= 0.6 is 0 Å². The van der Waals surface area contributed by atoms with Crippen molar-refractivity contribution in [1.82, 2.24) is 9.97 Å². The van der Waals surface area contributed by atoms with E-state index in [1.807, 2.05) is 12.3 Å². The smallest absolute Gasteiger partial charge is 0.193 e. The van der Waals surface area contributed by atoms with Crippen LogP contribution in [0.2, 0.25) is 0 Å². The number of fused-ring (bicyclic) bond motifs is 1. The van der Waals surface area contributed by atoms with Gasteiger partial charge in [-0.1, -0.05) is 26.0 Å². The fraction of sp³-hybridized carbons (Fsp3) is 0.190. The lowest BCUT2D eigenvalue weighted by Crippen LogP contribution is -1.99. The molecule has 0 spiro atoms. The lowest BCUT2D eigenvalue weighted by Gasteiger charge is -2.10. The standard InChI is InChI=1S/C21H21N3O/c1-14(2)15-5-7-17(8-6-15)24-20-10-9-18(25-20)12-16-13-23-21-19(16)4-3-11-22-21/h3-8,10-14,24H,9H2,1-2H3,(H,22,23). The maximum absolute atomic E-state index is 5.94. The van der Waals surface area contributed by atoms with Gasteiger partial charge >= 0.3 is 0 Å². The monoisotopic (exact) mass is 331 g/mol. The molecule has 126 valence electrons. The lowest BCUT2D eigenvalue weighted by atomic mass is 10.0. The molecule has 4 rings (SSSR count). The van der Waals surface area contributed by atoms with Gasteiger partial charge in [-0.3, -0.25) is 0 Å². The summed E-state index contributed by atoms with van der Waals surface area (Å²) in [5.74, 6) is 2.24. The van der Waals surface area contributed by atoms with E-state index >= 15 is 0 Å². The second-order valence-electron chi connectivity index (χ2n) is 6.53. The zero-order valence-electron chi connectivity index (χ0n) is 14.4. The minimum atomic E-state index is 0.538. The Morgan fingerprint density at radius 1 is 1.20 bits per heavy atom. The van der Waals surface area contributed by atoms with Gasteiger partial charge in [0.2, 0.25) is 0 Å². The van der Waals surface area contributed by atoms with Crippen LogP contribution in [-0.4, -0.2) is 9.97 Å². The number of nitrogens with zero attached hydrogens (tertiary/aromatic N) is 1. The lowest BCUT2D eigenvalue weighted by molar-refractivity contribution is 0.333. The second kappa shape index (κ2) is 6.48. The van der Waals surface area contributed by atoms with Gasteiger partial charge < -0.3 is 15.0 Å². The van der Waals surface area contributed by atoms with Crippen LogP contribution in [0.15, 0.2) is 66.5 Å². The Balaban J connectivity index is 1.45. The van der Waals surface area contributed by atoms with E-state index in [1.54, 1.807) is 6.20 Å². The third-order valence-electron chi connectivity index (χ3n) is 4.37. The predicted molar refractivity (Wildman–Crippen MR) is 102 cm³/mol. The van der Waals surface area contributed by atoms with E-state index in [-0.39, 0.29) is 0 Å². The Labute approximate surface area is 147 Å². The first-order valence-corrected chi connectivity index (χ1v) is 8.57. The molecule has 0 unspecified atom stereocenters. The van der Waals surface area contributed by atoms with Crippen molar-refractivity contribution < 1.29 is 4.74 Å². The largest absolute Gasteiger partial charge is 0.445 e. The molecule has 0 atom stereocenters. The minimum Gasteiger partial charge on any atom is -0.445 e. The third-order valence-corrected chi connectivity index (χ3v) is 4.37. The zero-order valence-corrected chi connectivity index (χ0v) is 14.4. The van der Waals surface area contributed by atoms with Gasteiger partial charge in [0.25, 0.3) is 0 Å². The van der Waals surface area contributed by atoms with Crippen LogP contribution in [0.4, 0.5) is 5.69 Å². The van der Waals surface area contributed by atoms with Crippen LogP contribution in [0.5, 0.6) is 0 Å². The van der Waals surface area contributed by atoms with Gasteiger partial charge in [0.05, 0.1) is 0 Å². The van der Waals surface area contributed by atoms with Gasteiger partial charge in [0.15, 0.2) is 5.88 Å². The number of H-pyrrole nitrogens is 1. The topological polar surface area (TPSA) is 49.9 Å². The number of hydrogen-bond acceptors (Lipinski definition) is 3. The van der Waals surface area contributed by atoms with Crippen LogP contribution in [0.25, 0.3) is 17.1 Å². The molecule has 1 aliphatic heterocycles. The van der Waals surface area contributed by atoms with Crippen LogP contribution < -0.4 is 5.32 Å². The molecule has 0 saturated carbocycles. The van der Waals surface area contributed by atoms with Crippen LogP contribution in [0.3, 0.4) is 0 Å². The van der Waals surface area contributed by atoms with E-state index in [1.165, 1.54) is 5.56 Å². The highest BCUT2D eigenvalue weighted by molar-refractivity contribution is 5.86. The molecular weight excluding hydrogens is 310 g/mol. The van der Waals surface area contributed by atoms with Crippen molar-refractivity contribution >= 4 is 22.8 Å². The predicted octanol–water partition coefficient (Wildman–Crippen LogP) is 5.40. The van der Waals surface area contributed by atoms with Gasteiger partial charge in [-0.05, 0) is 47.9 Å². The van der Waals surface area contributed by atoms with Crippen molar-refractivity contribution in [2.45, 2.75) is 26.2 Å². The SMILES string of the molecule is CC(C)c1ccc(NC2=CCC(=Cc3c[nH]c4ncccc34)O2)cc1. The first-order chi connectivity index (χ1) is 12.2. The molecule has 3 aromatic rings. The Morgan fingerprint density at radius 3 is 2.84 bits per heavy atom. The first-order valence-electron chi connectivity index (χ1n) is 8.57. The number of ether oxygens (including phenoxy) is 1. The molecule has 2 aromatic heterocycles. The average molecular weight is 331 g/mol. The molecule has 0 aliphatic carbocycles. The molecule has 0 saturated heterocycles. The number of nitrogens with one attached hydrogen (secondary N) is 2. The summed E-state index contributed by atoms with van der Waals surface area (Å²) < 4.78 is 5.94. The quantitative estimate of drug-likeness (QED) is 0.673. The number of rotatable bonds is 4. The number of pyridine rings is 1. The molecule has 4 heteroatoms. The fourth-order valence-electron chi connectivity index (χ4n) is 2.95. The van der Waals surface area contributed by atoms with E-state index in [4.69, 9.17) is 4.74 Å². The average Bonchev–Trinajstić information content (AvgIpc) is 3.23. The van der Waals surface area contributed by atoms with Gasteiger partial charge in [-0.15, -0.1) is 0 Å². The zero-order chi connectivity index (χ0) is 17.2. The Bertz CT molecular complexity index is 949. The highest BCUT2D eigenvalue weighted by Gasteiger charge is 2.13. The third kappa shape index (κ3) is 3.29. The van der Waals surface area contributed by atoms with Gasteiger partial charge in [-0.2, -0.15) is 0 Å². The normalized spacial score (nSPS) is 15.6. The highest BCUT2D eigenvalue weighted by atomic mass is 16.5. The summed E-state index contributed by atoms with van der Waals surface area (Å²) >= 11 is 0. The summed E-state index contributed by atoms with van der Waals surface area (Å²) in [6.07, 6.45) is 8.66. The molecular formula is C21H21N3O. The summed E-state index contributed by atoms with van der Waals surface area (Å²) in [6, 6.07) is 12.5. The maximum atomic E-state index is 5.94. The maximum Gasteiger partial charge on any atom is 0.193 e.